The van der Waals surface area contributed by atoms with Crippen LogP contribution in [0, 0.1) is 0 Å². The Morgan fingerprint density at radius 2 is 1.76 bits per heavy atom. The molecule has 1 amide bonds. The van der Waals surface area contributed by atoms with Gasteiger partial charge in [-0.1, -0.05) is 24.3 Å². The van der Waals surface area contributed by atoms with Crippen LogP contribution in [0.2, 0.25) is 0 Å². The number of halogens is 1. The number of ether oxygens (including phenoxy) is 1. The Hall–Kier alpha value is -3.56. The van der Waals surface area contributed by atoms with Crippen LogP contribution in [0.4, 0.5) is 11.8 Å². The third-order valence-electron chi connectivity index (χ3n) is 5.92. The van der Waals surface area contributed by atoms with Crippen molar-refractivity contribution in [2.75, 3.05) is 24.1 Å². The zero-order valence-electron chi connectivity index (χ0n) is 20.6. The molecule has 0 radical (unpaired) electrons. The molecule has 4 rings (SSSR count). The molecule has 0 spiro atoms. The first kappa shape index (κ1) is 30.7. The lowest BCUT2D eigenvalue weighted by molar-refractivity contribution is -0.138. The summed E-state index contributed by atoms with van der Waals surface area (Å²) < 4.78 is 7.09. The number of carbonyl (C=O) groups excluding carboxylic acids is 1. The van der Waals surface area contributed by atoms with Gasteiger partial charge in [0.15, 0.2) is 23.8 Å². The molecule has 2 aromatic heterocycles. The van der Waals surface area contributed by atoms with Crippen LogP contribution in [0.5, 0.6) is 0 Å². The van der Waals surface area contributed by atoms with Gasteiger partial charge in [0.1, 0.15) is 17.7 Å². The van der Waals surface area contributed by atoms with E-state index in [1.165, 1.54) is 10.9 Å². The van der Waals surface area contributed by atoms with E-state index in [1.54, 1.807) is 6.92 Å². The van der Waals surface area contributed by atoms with Crippen LogP contribution >= 0.6 is 12.4 Å². The molecule has 3 aromatic rings. The van der Waals surface area contributed by atoms with Gasteiger partial charge in [0.25, 0.3) is 5.91 Å². The fourth-order valence-corrected chi connectivity index (χ4v) is 4.03. The molecule has 14 nitrogen and oxygen atoms in total. The Labute approximate surface area is 224 Å². The fraction of sp³-hybridized carbons (Fsp3) is 0.435. The number of fused-ring (bicyclic) bond motifs is 1. The molecule has 4 unspecified atom stereocenters. The van der Waals surface area contributed by atoms with Crippen molar-refractivity contribution in [3.63, 3.8) is 0 Å². The number of nitrogen functional groups attached to an aromatic ring is 1. The minimum atomic E-state index is -1.42. The number of carbonyl (C=O) groups is 2. The first-order valence-corrected chi connectivity index (χ1v) is 11.6. The van der Waals surface area contributed by atoms with Crippen LogP contribution in [-0.2, 0) is 27.2 Å². The number of nitrogens with zero attached hydrogens (tertiary/aromatic N) is 4. The van der Waals surface area contributed by atoms with Gasteiger partial charge in [-0.3, -0.25) is 14.2 Å². The average molecular weight is 554 g/mol. The maximum absolute atomic E-state index is 12.2. The second-order valence-electron chi connectivity index (χ2n) is 8.47. The number of carboxylic acid groups (broad SMARTS) is 1. The van der Waals surface area contributed by atoms with E-state index in [-0.39, 0.29) is 41.7 Å². The van der Waals surface area contributed by atoms with Crippen LogP contribution in [0.3, 0.4) is 0 Å². The third-order valence-corrected chi connectivity index (χ3v) is 5.92. The third kappa shape index (κ3) is 6.65. The lowest BCUT2D eigenvalue weighted by Crippen LogP contribution is -2.42. The molecule has 0 saturated carbocycles. The molecular formula is C23H32ClN7O7. The number of imidazole rings is 1. The predicted molar refractivity (Wildman–Crippen MR) is 140 cm³/mol. The molecule has 1 fully saturated rings. The first-order chi connectivity index (χ1) is 17.3. The number of nitrogens with one attached hydrogen (secondary N) is 2. The van der Waals surface area contributed by atoms with E-state index in [4.69, 9.17) is 15.6 Å². The highest BCUT2D eigenvalue weighted by Gasteiger charge is 2.47. The molecule has 9 N–H and O–H groups in total. The molecule has 1 aromatic carbocycles. The lowest BCUT2D eigenvalue weighted by atomic mass is 10.1. The van der Waals surface area contributed by atoms with Crippen molar-refractivity contribution in [2.45, 2.75) is 50.7 Å². The van der Waals surface area contributed by atoms with E-state index in [2.05, 4.69) is 25.6 Å². The number of hydrogen-bond acceptors (Lipinski definition) is 10. The minimum Gasteiger partial charge on any atom is -0.481 e. The highest BCUT2D eigenvalue weighted by Crippen LogP contribution is 2.32. The average Bonchev–Trinajstić information content (AvgIpc) is 3.40. The number of aliphatic hydroxyl groups is 2. The largest absolute Gasteiger partial charge is 0.481 e. The van der Waals surface area contributed by atoms with Gasteiger partial charge in [0, 0.05) is 19.5 Å². The summed E-state index contributed by atoms with van der Waals surface area (Å²) in [6, 6.07) is 7.71. The molecule has 15 heteroatoms. The number of rotatable bonds is 10. The molecule has 1 aliphatic heterocycles. The van der Waals surface area contributed by atoms with E-state index in [1.807, 2.05) is 24.3 Å². The summed E-state index contributed by atoms with van der Waals surface area (Å²) in [4.78, 5) is 35.8. The van der Waals surface area contributed by atoms with Gasteiger partial charge in [-0.25, -0.2) is 4.98 Å². The molecular weight excluding hydrogens is 522 g/mol. The smallest absolute Gasteiger partial charge is 0.303 e. The van der Waals surface area contributed by atoms with E-state index < -0.39 is 36.4 Å². The highest BCUT2D eigenvalue weighted by atomic mass is 35.5. The van der Waals surface area contributed by atoms with Crippen LogP contribution < -0.4 is 16.4 Å². The van der Waals surface area contributed by atoms with Gasteiger partial charge >= 0.3 is 5.97 Å². The number of amides is 1. The van der Waals surface area contributed by atoms with Crippen LogP contribution in [0.15, 0.2) is 30.6 Å². The summed E-state index contributed by atoms with van der Waals surface area (Å²) >= 11 is 0. The quantitative estimate of drug-likeness (QED) is 0.186. The van der Waals surface area contributed by atoms with E-state index in [0.29, 0.717) is 31.4 Å². The second-order valence-corrected chi connectivity index (χ2v) is 8.47. The minimum absolute atomic E-state index is 0. The number of likely N-dealkylation sites (N-methyl/N-ethyl adjacent to an activating group) is 1. The molecule has 208 valence electrons. The summed E-state index contributed by atoms with van der Waals surface area (Å²) in [6.45, 7) is 2.59. The first-order valence-electron chi connectivity index (χ1n) is 11.6. The standard InChI is InChI=1S/C23H29N7O6.ClH.H2O/c1-2-25-21(35)18-16(33)17(34)22(36-18)30-11-27-15-19(24)28-23(29-20(15)30)26-10-9-13-5-3-12(4-6-13)7-8-14(31)32;;/h3-6,11,16-18,22,33-34H,2,7-10H2,1H3,(H,25,35)(H,31,32)(H3,24,26,28,29);1H;1H2. The SMILES string of the molecule is CCNC(=O)C1OC(n2cnc3c(N)nc(NCCc4ccc(CCC(=O)O)cc4)nc32)C(O)C1O.Cl.O. The summed E-state index contributed by atoms with van der Waals surface area (Å²) in [5.41, 5.74) is 8.65. The number of nitrogens with two attached hydrogens (primary N) is 1. The number of carboxylic acids is 1. The zero-order valence-corrected chi connectivity index (χ0v) is 21.4. The maximum atomic E-state index is 12.2. The van der Waals surface area contributed by atoms with Crippen LogP contribution in [-0.4, -0.2) is 83.6 Å². The Balaban J connectivity index is 0.00000253. The van der Waals surface area contributed by atoms with Gasteiger partial charge < -0.3 is 41.9 Å². The lowest BCUT2D eigenvalue weighted by Gasteiger charge is -2.16. The van der Waals surface area contributed by atoms with Crippen molar-refractivity contribution in [3.05, 3.63) is 41.7 Å². The molecule has 3 heterocycles. The molecule has 38 heavy (non-hydrogen) atoms. The summed E-state index contributed by atoms with van der Waals surface area (Å²) in [7, 11) is 0. The number of hydrogen-bond donors (Lipinski definition) is 6. The predicted octanol–water partition coefficient (Wildman–Crippen LogP) is -0.567. The number of aliphatic carboxylic acids is 1. The Kier molecular flexibility index (Phi) is 10.7. The van der Waals surface area contributed by atoms with Crippen molar-refractivity contribution >= 4 is 47.2 Å². The van der Waals surface area contributed by atoms with Gasteiger partial charge in [-0.15, -0.1) is 12.4 Å². The number of aromatic nitrogens is 4. The number of benzene rings is 1. The summed E-state index contributed by atoms with van der Waals surface area (Å²) in [6.07, 6.45) is -2.56. The van der Waals surface area contributed by atoms with Gasteiger partial charge in [-0.05, 0) is 30.9 Å². The molecule has 4 atom stereocenters. The zero-order chi connectivity index (χ0) is 25.8. The molecule has 1 aliphatic rings. The molecule has 1 saturated heterocycles. The number of aliphatic hydroxyl groups excluding tert-OH is 2. The Morgan fingerprint density at radius 1 is 1.11 bits per heavy atom. The molecule has 0 aliphatic carbocycles. The highest BCUT2D eigenvalue weighted by molar-refractivity contribution is 5.85. The van der Waals surface area contributed by atoms with E-state index in [9.17, 15) is 19.8 Å². The van der Waals surface area contributed by atoms with E-state index in [0.717, 1.165) is 11.1 Å². The monoisotopic (exact) mass is 553 g/mol. The Bertz CT molecular complexity index is 1240. The topological polar surface area (TPSA) is 229 Å². The van der Waals surface area contributed by atoms with E-state index >= 15 is 0 Å². The maximum Gasteiger partial charge on any atom is 0.303 e. The Morgan fingerprint density at radius 3 is 2.39 bits per heavy atom. The second kappa shape index (κ2) is 13.3. The van der Waals surface area contributed by atoms with Crippen molar-refractivity contribution in [1.29, 1.82) is 0 Å². The van der Waals surface area contributed by atoms with Crippen molar-refractivity contribution in [1.82, 2.24) is 24.8 Å². The summed E-state index contributed by atoms with van der Waals surface area (Å²) in [5, 5.41) is 35.4. The normalized spacial score (nSPS) is 20.4. The van der Waals surface area contributed by atoms with Crippen molar-refractivity contribution < 1.29 is 35.1 Å². The van der Waals surface area contributed by atoms with Crippen molar-refractivity contribution in [2.24, 2.45) is 0 Å². The summed E-state index contributed by atoms with van der Waals surface area (Å²) in [5.74, 6) is -0.985. The van der Waals surface area contributed by atoms with Gasteiger partial charge in [0.05, 0.1) is 6.33 Å². The van der Waals surface area contributed by atoms with Gasteiger partial charge in [0.2, 0.25) is 5.95 Å². The van der Waals surface area contributed by atoms with Crippen LogP contribution in [0.25, 0.3) is 11.2 Å². The fourth-order valence-electron chi connectivity index (χ4n) is 4.03. The number of aryl methyl sites for hydroxylation is 1. The van der Waals surface area contributed by atoms with Crippen molar-refractivity contribution in [3.8, 4) is 0 Å². The number of anilines is 2. The molecule has 0 bridgehead atoms. The van der Waals surface area contributed by atoms with Crippen LogP contribution in [0.1, 0.15) is 30.7 Å². The van der Waals surface area contributed by atoms with Gasteiger partial charge in [-0.2, -0.15) is 9.97 Å².